The van der Waals surface area contributed by atoms with Crippen LogP contribution in [0.25, 0.3) is 10.8 Å². The second kappa shape index (κ2) is 17.9. The van der Waals surface area contributed by atoms with Crippen molar-refractivity contribution in [3.8, 4) is 0 Å². The SMILES string of the molecule is CC(C)C[C@H](C(=O)[C@H](Cc1c[nH]cn1)NC(=O)C(CC(=O)NCCc1ccccc1)Cc1cccc2ccccc12)C(O)C(=O)NCN. The van der Waals surface area contributed by atoms with Crippen molar-refractivity contribution in [2.45, 2.75) is 58.1 Å². The van der Waals surface area contributed by atoms with Gasteiger partial charge >= 0.3 is 0 Å². The number of aliphatic hydroxyl groups excluding tert-OH is 1. The maximum Gasteiger partial charge on any atom is 0.250 e. The molecule has 3 amide bonds. The number of nitrogens with one attached hydrogen (secondary N) is 4. The van der Waals surface area contributed by atoms with Crippen LogP contribution in [0.2, 0.25) is 0 Å². The molecule has 0 aliphatic heterocycles. The molecule has 11 nitrogen and oxygen atoms in total. The number of aromatic nitrogens is 2. The lowest BCUT2D eigenvalue weighted by atomic mass is 9.83. The number of hydrogen-bond donors (Lipinski definition) is 6. The molecular weight excluding hydrogens is 608 g/mol. The van der Waals surface area contributed by atoms with Crippen LogP contribution >= 0.6 is 0 Å². The Hall–Kier alpha value is -4.87. The number of Topliss-reactive ketones (excluding diaryl/α,β-unsaturated/α-hetero) is 1. The Kier molecular flexibility index (Phi) is 13.4. The summed E-state index contributed by atoms with van der Waals surface area (Å²) in [5.74, 6) is -4.01. The summed E-state index contributed by atoms with van der Waals surface area (Å²) in [6.07, 6.45) is 2.44. The van der Waals surface area contributed by atoms with Crippen molar-refractivity contribution in [2.75, 3.05) is 13.2 Å². The van der Waals surface area contributed by atoms with Crippen molar-refractivity contribution < 1.29 is 24.3 Å². The number of nitrogens with zero attached hydrogens (tertiary/aromatic N) is 1. The molecule has 4 atom stereocenters. The molecule has 0 bridgehead atoms. The summed E-state index contributed by atoms with van der Waals surface area (Å²) in [7, 11) is 0. The number of fused-ring (bicyclic) bond motifs is 1. The standard InChI is InChI=1S/C37H46N6O5/c1-24(2)17-31(35(46)37(48)41-22-38)34(45)32(20-29-21-39-23-42-29)43-36(47)28(18-27-13-8-12-26-11-6-7-14-30(26)27)19-33(44)40-16-15-25-9-4-3-5-10-25/h3-14,21,23-24,28,31-32,35,46H,15-20,22,38H2,1-2H3,(H,39,42)(H,40,44)(H,41,48)(H,43,47)/t28?,31-,32+,35?/m1/s1. The van der Waals surface area contributed by atoms with E-state index in [0.717, 1.165) is 21.9 Å². The van der Waals surface area contributed by atoms with Gasteiger partial charge in [-0.05, 0) is 47.1 Å². The first kappa shape index (κ1) is 36.0. The lowest BCUT2D eigenvalue weighted by Crippen LogP contribution is -2.52. The number of carbonyl (C=O) groups excluding carboxylic acids is 4. The highest BCUT2D eigenvalue weighted by Gasteiger charge is 2.38. The third-order valence-electron chi connectivity index (χ3n) is 8.37. The molecule has 3 aromatic carbocycles. The molecule has 0 radical (unpaired) electrons. The van der Waals surface area contributed by atoms with Gasteiger partial charge in [-0.2, -0.15) is 0 Å². The van der Waals surface area contributed by atoms with E-state index < -0.39 is 41.6 Å². The Balaban J connectivity index is 1.60. The van der Waals surface area contributed by atoms with E-state index in [1.165, 1.54) is 6.33 Å². The number of aliphatic hydroxyl groups is 1. The fraction of sp³-hybridized carbons (Fsp3) is 0.378. The summed E-state index contributed by atoms with van der Waals surface area (Å²) >= 11 is 0. The molecule has 0 saturated heterocycles. The van der Waals surface area contributed by atoms with Gasteiger partial charge in [0, 0.05) is 25.6 Å². The predicted octanol–water partition coefficient (Wildman–Crippen LogP) is 2.82. The minimum absolute atomic E-state index is 0.0259. The van der Waals surface area contributed by atoms with Crippen LogP contribution in [0.5, 0.6) is 0 Å². The lowest BCUT2D eigenvalue weighted by molar-refractivity contribution is -0.142. The van der Waals surface area contributed by atoms with Gasteiger partial charge in [0.1, 0.15) is 6.10 Å². The number of H-pyrrole nitrogens is 1. The first-order chi connectivity index (χ1) is 23.2. The number of rotatable bonds is 18. The molecule has 0 aliphatic carbocycles. The summed E-state index contributed by atoms with van der Waals surface area (Å²) in [5, 5.41) is 21.1. The fourth-order valence-electron chi connectivity index (χ4n) is 5.96. The molecule has 1 aromatic heterocycles. The summed E-state index contributed by atoms with van der Waals surface area (Å²) in [4.78, 5) is 61.3. The van der Waals surface area contributed by atoms with E-state index in [0.29, 0.717) is 18.7 Å². The molecule has 2 unspecified atom stereocenters. The summed E-state index contributed by atoms with van der Waals surface area (Å²) < 4.78 is 0. The Bertz CT molecular complexity index is 1640. The van der Waals surface area contributed by atoms with Crippen molar-refractivity contribution in [2.24, 2.45) is 23.5 Å². The van der Waals surface area contributed by atoms with Crippen LogP contribution < -0.4 is 21.7 Å². The molecule has 48 heavy (non-hydrogen) atoms. The zero-order chi connectivity index (χ0) is 34.5. The van der Waals surface area contributed by atoms with E-state index in [1.807, 2.05) is 86.6 Å². The predicted molar refractivity (Wildman–Crippen MR) is 184 cm³/mol. The highest BCUT2D eigenvalue weighted by Crippen LogP contribution is 2.24. The second-order valence-corrected chi connectivity index (χ2v) is 12.5. The van der Waals surface area contributed by atoms with Crippen LogP contribution in [-0.2, 0) is 38.4 Å². The average Bonchev–Trinajstić information content (AvgIpc) is 3.60. The average molecular weight is 655 g/mol. The number of hydrogen-bond acceptors (Lipinski definition) is 7. The summed E-state index contributed by atoms with van der Waals surface area (Å²) in [6, 6.07) is 22.4. The van der Waals surface area contributed by atoms with E-state index in [2.05, 4.69) is 25.9 Å². The molecule has 0 saturated carbocycles. The number of ketones is 1. The number of aromatic amines is 1. The molecule has 254 valence electrons. The van der Waals surface area contributed by atoms with Gasteiger partial charge in [-0.3, -0.25) is 19.2 Å². The molecule has 7 N–H and O–H groups in total. The Labute approximate surface area is 281 Å². The van der Waals surface area contributed by atoms with Crippen LogP contribution in [0.4, 0.5) is 0 Å². The summed E-state index contributed by atoms with van der Waals surface area (Å²) in [5.41, 5.74) is 7.96. The zero-order valence-electron chi connectivity index (χ0n) is 27.5. The van der Waals surface area contributed by atoms with Crippen molar-refractivity contribution >= 4 is 34.3 Å². The third-order valence-corrected chi connectivity index (χ3v) is 8.37. The van der Waals surface area contributed by atoms with Gasteiger partial charge in [0.05, 0.1) is 36.6 Å². The van der Waals surface area contributed by atoms with E-state index in [9.17, 15) is 24.3 Å². The quantitative estimate of drug-likeness (QED) is 0.0893. The van der Waals surface area contributed by atoms with Gasteiger partial charge in [0.15, 0.2) is 5.78 Å². The maximum atomic E-state index is 14.2. The lowest BCUT2D eigenvalue weighted by Gasteiger charge is -2.28. The van der Waals surface area contributed by atoms with Gasteiger partial charge in [-0.1, -0.05) is 86.6 Å². The van der Waals surface area contributed by atoms with Crippen molar-refractivity contribution in [3.05, 3.63) is 102 Å². The Morgan fingerprint density at radius 3 is 2.33 bits per heavy atom. The van der Waals surface area contributed by atoms with E-state index >= 15 is 0 Å². The van der Waals surface area contributed by atoms with Crippen LogP contribution in [0, 0.1) is 17.8 Å². The minimum Gasteiger partial charge on any atom is -0.383 e. The molecule has 1 heterocycles. The van der Waals surface area contributed by atoms with E-state index in [1.54, 1.807) is 6.20 Å². The fourth-order valence-corrected chi connectivity index (χ4v) is 5.96. The maximum absolute atomic E-state index is 14.2. The van der Waals surface area contributed by atoms with Crippen molar-refractivity contribution in [3.63, 3.8) is 0 Å². The first-order valence-electron chi connectivity index (χ1n) is 16.4. The van der Waals surface area contributed by atoms with Gasteiger partial charge in [-0.15, -0.1) is 0 Å². The topological polar surface area (TPSA) is 179 Å². The first-order valence-corrected chi connectivity index (χ1v) is 16.4. The highest BCUT2D eigenvalue weighted by atomic mass is 16.3. The zero-order valence-corrected chi connectivity index (χ0v) is 27.5. The molecule has 0 fully saturated rings. The number of carbonyl (C=O) groups is 4. The highest BCUT2D eigenvalue weighted by molar-refractivity contribution is 5.96. The minimum atomic E-state index is -1.66. The summed E-state index contributed by atoms with van der Waals surface area (Å²) in [6.45, 7) is 3.97. The third kappa shape index (κ3) is 10.3. The van der Waals surface area contributed by atoms with Crippen LogP contribution in [0.15, 0.2) is 85.3 Å². The van der Waals surface area contributed by atoms with E-state index in [-0.39, 0.29) is 44.2 Å². The normalized spacial score (nSPS) is 13.8. The molecule has 11 heteroatoms. The Morgan fingerprint density at radius 1 is 0.896 bits per heavy atom. The molecular formula is C37H46N6O5. The van der Waals surface area contributed by atoms with Crippen LogP contribution in [0.1, 0.15) is 43.5 Å². The monoisotopic (exact) mass is 654 g/mol. The smallest absolute Gasteiger partial charge is 0.250 e. The van der Waals surface area contributed by atoms with Crippen molar-refractivity contribution in [1.29, 1.82) is 0 Å². The van der Waals surface area contributed by atoms with Crippen LogP contribution in [0.3, 0.4) is 0 Å². The van der Waals surface area contributed by atoms with Gasteiger partial charge in [0.2, 0.25) is 11.8 Å². The van der Waals surface area contributed by atoms with Crippen molar-refractivity contribution in [1.82, 2.24) is 25.9 Å². The number of imidazole rings is 1. The number of nitrogens with two attached hydrogens (primary N) is 1. The van der Waals surface area contributed by atoms with Gasteiger partial charge in [-0.25, -0.2) is 4.98 Å². The number of benzene rings is 3. The number of amides is 3. The molecule has 4 aromatic rings. The largest absolute Gasteiger partial charge is 0.383 e. The Morgan fingerprint density at radius 2 is 1.62 bits per heavy atom. The molecule has 4 rings (SSSR count). The van der Waals surface area contributed by atoms with Crippen LogP contribution in [-0.4, -0.2) is 63.9 Å². The second-order valence-electron chi connectivity index (χ2n) is 12.5. The van der Waals surface area contributed by atoms with E-state index in [4.69, 9.17) is 5.73 Å². The molecule has 0 spiro atoms. The van der Waals surface area contributed by atoms with Gasteiger partial charge < -0.3 is 31.8 Å². The molecule has 0 aliphatic rings. The van der Waals surface area contributed by atoms with Gasteiger partial charge in [0.25, 0.3) is 5.91 Å².